The average molecular weight is 363 g/mol. The molecule has 0 radical (unpaired) electrons. The number of methoxy groups -OCH3 is 1. The van der Waals surface area contributed by atoms with Crippen LogP contribution in [0, 0.1) is 13.8 Å². The van der Waals surface area contributed by atoms with Gasteiger partial charge in [0.15, 0.2) is 11.4 Å². The van der Waals surface area contributed by atoms with Crippen LogP contribution in [0.5, 0.6) is 5.75 Å². The maximum atomic E-state index is 12.5. The first-order chi connectivity index (χ1) is 13.0. The first kappa shape index (κ1) is 17.3. The fourth-order valence-corrected chi connectivity index (χ4v) is 3.40. The number of carbonyl (C=O) groups excluding carboxylic acids is 1. The highest BCUT2D eigenvalue weighted by molar-refractivity contribution is 5.99. The number of nitrogens with zero attached hydrogens (tertiary/aromatic N) is 2. The van der Waals surface area contributed by atoms with Gasteiger partial charge in [0.05, 0.1) is 11.3 Å². The topological polar surface area (TPSA) is 64.9 Å². The molecule has 6 nitrogen and oxygen atoms in total. The molecule has 0 spiro atoms. The highest BCUT2D eigenvalue weighted by atomic mass is 16.7. The largest absolute Gasteiger partial charge is 0.450 e. The van der Waals surface area contributed by atoms with Gasteiger partial charge < -0.3 is 19.2 Å². The van der Waals surface area contributed by atoms with Gasteiger partial charge in [-0.3, -0.25) is 4.79 Å². The summed E-state index contributed by atoms with van der Waals surface area (Å²) in [5.74, 6) is -0.735. The van der Waals surface area contributed by atoms with Crippen molar-refractivity contribution in [2.75, 3.05) is 14.2 Å². The van der Waals surface area contributed by atoms with Crippen molar-refractivity contribution in [3.05, 3.63) is 70.7 Å². The monoisotopic (exact) mass is 363 g/mol. The standard InChI is InChI=1S/C21H21N3O3/c1-13-14(2)24-12-17(20(25)22-3)16-10-11-21(26-4,15-8-6-5-7-9-15)27-18(16)19(24)23-13/h5-12H,1-4H3,(H,22,25). The van der Waals surface area contributed by atoms with E-state index in [-0.39, 0.29) is 5.91 Å². The predicted octanol–water partition coefficient (Wildman–Crippen LogP) is 3.22. The summed E-state index contributed by atoms with van der Waals surface area (Å²) in [6, 6.07) is 9.70. The second-order valence-electron chi connectivity index (χ2n) is 6.51. The summed E-state index contributed by atoms with van der Waals surface area (Å²) in [6.07, 6.45) is 5.51. The van der Waals surface area contributed by atoms with Gasteiger partial charge in [0.25, 0.3) is 11.7 Å². The summed E-state index contributed by atoms with van der Waals surface area (Å²) in [4.78, 5) is 17.1. The Labute approximate surface area is 157 Å². The lowest BCUT2D eigenvalue weighted by atomic mass is 9.98. The number of amides is 1. The van der Waals surface area contributed by atoms with E-state index in [1.54, 1.807) is 20.4 Å². The quantitative estimate of drug-likeness (QED) is 0.776. The zero-order valence-electron chi connectivity index (χ0n) is 15.7. The van der Waals surface area contributed by atoms with Crippen molar-refractivity contribution < 1.29 is 14.3 Å². The van der Waals surface area contributed by atoms with E-state index in [4.69, 9.17) is 9.47 Å². The SMILES string of the molecule is CNC(=O)c1cn2c(C)c(C)nc2c2c1C=CC(OC)(c1ccccc1)O2. The van der Waals surface area contributed by atoms with Gasteiger partial charge in [-0.25, -0.2) is 4.98 Å². The van der Waals surface area contributed by atoms with Crippen molar-refractivity contribution in [1.82, 2.24) is 14.7 Å². The summed E-state index contributed by atoms with van der Waals surface area (Å²) in [5.41, 5.74) is 4.57. The van der Waals surface area contributed by atoms with Crippen molar-refractivity contribution in [2.45, 2.75) is 19.6 Å². The van der Waals surface area contributed by atoms with Gasteiger partial charge in [-0.2, -0.15) is 0 Å². The summed E-state index contributed by atoms with van der Waals surface area (Å²) in [7, 11) is 3.21. The fraction of sp³-hybridized carbons (Fsp3) is 0.238. The molecule has 4 rings (SSSR count). The highest BCUT2D eigenvalue weighted by Gasteiger charge is 2.37. The Balaban J connectivity index is 2.00. The lowest BCUT2D eigenvalue weighted by Crippen LogP contribution is -2.35. The normalized spacial score (nSPS) is 18.2. The Morgan fingerprint density at radius 1 is 1.26 bits per heavy atom. The molecule has 0 aliphatic carbocycles. The number of ether oxygens (including phenoxy) is 2. The summed E-state index contributed by atoms with van der Waals surface area (Å²) in [5, 5.41) is 2.70. The Hall–Kier alpha value is -3.12. The second kappa shape index (κ2) is 6.25. The van der Waals surface area contributed by atoms with E-state index in [0.717, 1.165) is 17.0 Å². The number of pyridine rings is 1. The van der Waals surface area contributed by atoms with E-state index in [2.05, 4.69) is 10.3 Å². The van der Waals surface area contributed by atoms with Crippen LogP contribution in [0.15, 0.2) is 42.6 Å². The van der Waals surface area contributed by atoms with E-state index in [0.29, 0.717) is 22.5 Å². The third-order valence-electron chi connectivity index (χ3n) is 5.06. The molecule has 0 bridgehead atoms. The highest BCUT2D eigenvalue weighted by Crippen LogP contribution is 2.41. The van der Waals surface area contributed by atoms with Crippen molar-refractivity contribution in [3.8, 4) is 5.75 Å². The molecule has 1 aliphatic heterocycles. The van der Waals surface area contributed by atoms with Crippen LogP contribution in [0.3, 0.4) is 0 Å². The van der Waals surface area contributed by atoms with Crippen LogP contribution < -0.4 is 10.1 Å². The van der Waals surface area contributed by atoms with E-state index in [9.17, 15) is 4.79 Å². The number of imidazole rings is 1. The smallest absolute Gasteiger partial charge is 0.257 e. The molecule has 1 unspecified atom stereocenters. The van der Waals surface area contributed by atoms with Crippen molar-refractivity contribution in [1.29, 1.82) is 0 Å². The van der Waals surface area contributed by atoms with Crippen LogP contribution in [0.25, 0.3) is 11.7 Å². The molecule has 3 aromatic rings. The molecule has 3 heterocycles. The number of aromatic nitrogens is 2. The first-order valence-electron chi connectivity index (χ1n) is 8.74. The van der Waals surface area contributed by atoms with Gasteiger partial charge in [0.1, 0.15) is 0 Å². The molecular formula is C21H21N3O3. The minimum absolute atomic E-state index is 0.184. The van der Waals surface area contributed by atoms with Gasteiger partial charge in [0.2, 0.25) is 0 Å². The molecular weight excluding hydrogens is 342 g/mol. The number of benzene rings is 1. The molecule has 0 saturated heterocycles. The van der Waals surface area contributed by atoms with Crippen molar-refractivity contribution in [2.24, 2.45) is 0 Å². The number of hydrogen-bond acceptors (Lipinski definition) is 4. The van der Waals surface area contributed by atoms with E-state index in [1.165, 1.54) is 0 Å². The third-order valence-corrected chi connectivity index (χ3v) is 5.06. The average Bonchev–Trinajstić information content (AvgIpc) is 3.01. The Kier molecular flexibility index (Phi) is 4.00. The van der Waals surface area contributed by atoms with Crippen molar-refractivity contribution in [3.63, 3.8) is 0 Å². The Morgan fingerprint density at radius 2 is 2.00 bits per heavy atom. The molecule has 6 heteroatoms. The van der Waals surface area contributed by atoms with Gasteiger partial charge in [0, 0.05) is 37.2 Å². The van der Waals surface area contributed by atoms with E-state index >= 15 is 0 Å². The number of nitrogens with one attached hydrogen (secondary N) is 1. The van der Waals surface area contributed by atoms with E-state index < -0.39 is 5.79 Å². The molecule has 2 aromatic heterocycles. The summed E-state index contributed by atoms with van der Waals surface area (Å²) < 4.78 is 14.1. The first-order valence-corrected chi connectivity index (χ1v) is 8.74. The molecule has 138 valence electrons. The molecule has 0 saturated carbocycles. The number of fused-ring (bicyclic) bond motifs is 3. The van der Waals surface area contributed by atoms with Crippen LogP contribution in [0.2, 0.25) is 0 Å². The third kappa shape index (κ3) is 2.52. The predicted molar refractivity (Wildman–Crippen MR) is 103 cm³/mol. The maximum absolute atomic E-state index is 12.5. The van der Waals surface area contributed by atoms with Crippen LogP contribution in [-0.2, 0) is 10.5 Å². The molecule has 27 heavy (non-hydrogen) atoms. The zero-order valence-corrected chi connectivity index (χ0v) is 15.7. The van der Waals surface area contributed by atoms with Crippen LogP contribution in [-0.4, -0.2) is 29.4 Å². The molecule has 1 amide bonds. The van der Waals surface area contributed by atoms with Crippen LogP contribution >= 0.6 is 0 Å². The van der Waals surface area contributed by atoms with E-state index in [1.807, 2.05) is 60.7 Å². The Bertz CT molecular complexity index is 1070. The lowest BCUT2D eigenvalue weighted by Gasteiger charge is -2.34. The zero-order chi connectivity index (χ0) is 19.2. The molecule has 1 N–H and O–H groups in total. The lowest BCUT2D eigenvalue weighted by molar-refractivity contribution is -0.132. The molecule has 0 fully saturated rings. The van der Waals surface area contributed by atoms with Gasteiger partial charge >= 0.3 is 0 Å². The number of hydrogen-bond donors (Lipinski definition) is 1. The molecule has 1 aliphatic rings. The number of carbonyl (C=O) groups is 1. The summed E-state index contributed by atoms with van der Waals surface area (Å²) >= 11 is 0. The van der Waals surface area contributed by atoms with Gasteiger partial charge in [-0.15, -0.1) is 0 Å². The number of rotatable bonds is 3. The van der Waals surface area contributed by atoms with Gasteiger partial charge in [-0.05, 0) is 26.0 Å². The second-order valence-corrected chi connectivity index (χ2v) is 6.51. The summed E-state index contributed by atoms with van der Waals surface area (Å²) in [6.45, 7) is 3.91. The minimum Gasteiger partial charge on any atom is -0.450 e. The van der Waals surface area contributed by atoms with Gasteiger partial charge in [-0.1, -0.05) is 30.3 Å². The van der Waals surface area contributed by atoms with Crippen LogP contribution in [0.1, 0.15) is 32.9 Å². The molecule has 1 aromatic carbocycles. The minimum atomic E-state index is -1.08. The van der Waals surface area contributed by atoms with Crippen molar-refractivity contribution >= 4 is 17.6 Å². The maximum Gasteiger partial charge on any atom is 0.257 e. The van der Waals surface area contributed by atoms with Crippen LogP contribution in [0.4, 0.5) is 0 Å². The fourth-order valence-electron chi connectivity index (χ4n) is 3.40. The molecule has 1 atom stereocenters. The Morgan fingerprint density at radius 3 is 2.67 bits per heavy atom. The number of aryl methyl sites for hydroxylation is 2.